The SMILES string of the molecule is Cc1cc(C(=O)N(C2CCCC2)C2CC2)sc1C=O. The summed E-state index contributed by atoms with van der Waals surface area (Å²) in [5.74, 6) is 0.149. The minimum absolute atomic E-state index is 0.149. The lowest BCUT2D eigenvalue weighted by Crippen LogP contribution is -2.40. The molecule has 1 heterocycles. The van der Waals surface area contributed by atoms with Gasteiger partial charge in [-0.1, -0.05) is 12.8 Å². The van der Waals surface area contributed by atoms with E-state index in [1.54, 1.807) is 0 Å². The van der Waals surface area contributed by atoms with Crippen LogP contribution in [0.2, 0.25) is 0 Å². The van der Waals surface area contributed by atoms with Gasteiger partial charge in [0.05, 0.1) is 9.75 Å². The van der Waals surface area contributed by atoms with Gasteiger partial charge in [0.25, 0.3) is 5.91 Å². The van der Waals surface area contributed by atoms with Crippen LogP contribution >= 0.6 is 11.3 Å². The topological polar surface area (TPSA) is 37.4 Å². The fourth-order valence-electron chi connectivity index (χ4n) is 3.01. The van der Waals surface area contributed by atoms with Crippen LogP contribution in [0.4, 0.5) is 0 Å². The van der Waals surface area contributed by atoms with Gasteiger partial charge in [0.1, 0.15) is 0 Å². The van der Waals surface area contributed by atoms with Gasteiger partial charge in [-0.05, 0) is 44.2 Å². The quantitative estimate of drug-likeness (QED) is 0.791. The van der Waals surface area contributed by atoms with Crippen LogP contribution in [-0.4, -0.2) is 29.2 Å². The number of hydrogen-bond acceptors (Lipinski definition) is 3. The van der Waals surface area contributed by atoms with Crippen molar-refractivity contribution in [2.24, 2.45) is 0 Å². The normalized spacial score (nSPS) is 19.6. The molecule has 19 heavy (non-hydrogen) atoms. The Hall–Kier alpha value is -1.16. The molecule has 2 aliphatic carbocycles. The van der Waals surface area contributed by atoms with Gasteiger partial charge >= 0.3 is 0 Å². The Balaban J connectivity index is 1.84. The van der Waals surface area contributed by atoms with E-state index in [4.69, 9.17) is 0 Å². The van der Waals surface area contributed by atoms with E-state index in [-0.39, 0.29) is 5.91 Å². The Bertz CT molecular complexity index is 498. The van der Waals surface area contributed by atoms with Crippen LogP contribution in [0, 0.1) is 6.92 Å². The predicted octanol–water partition coefficient (Wildman–Crippen LogP) is 3.42. The Morgan fingerprint density at radius 1 is 1.26 bits per heavy atom. The highest BCUT2D eigenvalue weighted by Crippen LogP contribution is 2.36. The molecule has 1 aromatic heterocycles. The molecule has 0 unspecified atom stereocenters. The second-order valence-corrected chi connectivity index (χ2v) is 6.74. The van der Waals surface area contributed by atoms with E-state index in [2.05, 4.69) is 4.90 Å². The van der Waals surface area contributed by atoms with Crippen LogP contribution in [0.1, 0.15) is 63.4 Å². The zero-order chi connectivity index (χ0) is 13.4. The first-order chi connectivity index (χ1) is 9.20. The second-order valence-electron chi connectivity index (χ2n) is 5.66. The van der Waals surface area contributed by atoms with Gasteiger partial charge in [0.2, 0.25) is 0 Å². The number of rotatable bonds is 4. The van der Waals surface area contributed by atoms with Gasteiger partial charge in [0, 0.05) is 12.1 Å². The molecular weight excluding hydrogens is 258 g/mol. The molecule has 2 fully saturated rings. The molecule has 2 saturated carbocycles. The highest BCUT2D eigenvalue weighted by Gasteiger charge is 2.39. The van der Waals surface area contributed by atoms with E-state index in [9.17, 15) is 9.59 Å². The molecule has 1 aromatic rings. The lowest BCUT2D eigenvalue weighted by Gasteiger charge is -2.28. The zero-order valence-corrected chi connectivity index (χ0v) is 12.0. The standard InChI is InChI=1S/C15H19NO2S/c1-10-8-13(19-14(10)9-17)15(18)16(12-6-7-12)11-4-2-3-5-11/h8-9,11-12H,2-7H2,1H3. The summed E-state index contributed by atoms with van der Waals surface area (Å²) in [6.45, 7) is 1.90. The summed E-state index contributed by atoms with van der Waals surface area (Å²) in [7, 11) is 0. The highest BCUT2D eigenvalue weighted by molar-refractivity contribution is 7.15. The maximum absolute atomic E-state index is 12.7. The van der Waals surface area contributed by atoms with Gasteiger partial charge in [-0.3, -0.25) is 9.59 Å². The monoisotopic (exact) mass is 277 g/mol. The minimum atomic E-state index is 0.149. The van der Waals surface area contributed by atoms with Crippen LogP contribution in [0.25, 0.3) is 0 Å². The first kappa shape index (κ1) is 12.9. The highest BCUT2D eigenvalue weighted by atomic mass is 32.1. The van der Waals surface area contributed by atoms with Crippen LogP contribution in [-0.2, 0) is 0 Å². The second kappa shape index (κ2) is 5.08. The van der Waals surface area contributed by atoms with E-state index in [0.717, 1.165) is 42.4 Å². The van der Waals surface area contributed by atoms with E-state index in [1.807, 2.05) is 13.0 Å². The lowest BCUT2D eigenvalue weighted by molar-refractivity contribution is 0.0669. The molecule has 102 valence electrons. The Morgan fingerprint density at radius 3 is 2.42 bits per heavy atom. The van der Waals surface area contributed by atoms with E-state index >= 15 is 0 Å². The van der Waals surface area contributed by atoms with Crippen LogP contribution in [0.5, 0.6) is 0 Å². The molecular formula is C15H19NO2S. The average molecular weight is 277 g/mol. The summed E-state index contributed by atoms with van der Waals surface area (Å²) in [6, 6.07) is 2.76. The van der Waals surface area contributed by atoms with Crippen LogP contribution in [0.15, 0.2) is 6.07 Å². The van der Waals surface area contributed by atoms with E-state index in [0.29, 0.717) is 17.0 Å². The maximum Gasteiger partial charge on any atom is 0.264 e. The maximum atomic E-state index is 12.7. The van der Waals surface area contributed by atoms with Crippen molar-refractivity contribution in [3.8, 4) is 0 Å². The van der Waals surface area contributed by atoms with E-state index < -0.39 is 0 Å². The number of hydrogen-bond donors (Lipinski definition) is 0. The average Bonchev–Trinajstić information content (AvgIpc) is 2.94. The number of amides is 1. The number of carbonyl (C=O) groups excluding carboxylic acids is 2. The molecule has 0 aliphatic heterocycles. The smallest absolute Gasteiger partial charge is 0.264 e. The Labute approximate surface area is 117 Å². The Morgan fingerprint density at radius 2 is 1.89 bits per heavy atom. The molecule has 0 atom stereocenters. The summed E-state index contributed by atoms with van der Waals surface area (Å²) >= 11 is 1.34. The first-order valence-corrected chi connectivity index (χ1v) is 7.90. The van der Waals surface area contributed by atoms with Crippen molar-refractivity contribution in [3.05, 3.63) is 21.4 Å². The third-order valence-corrected chi connectivity index (χ3v) is 5.32. The van der Waals surface area contributed by atoms with Crippen LogP contribution in [0.3, 0.4) is 0 Å². The van der Waals surface area contributed by atoms with Gasteiger partial charge in [0.15, 0.2) is 6.29 Å². The Kier molecular flexibility index (Phi) is 3.44. The summed E-state index contributed by atoms with van der Waals surface area (Å²) in [5, 5.41) is 0. The summed E-state index contributed by atoms with van der Waals surface area (Å²) < 4.78 is 0. The number of aryl methyl sites for hydroxylation is 1. The predicted molar refractivity (Wildman–Crippen MR) is 75.9 cm³/mol. The summed E-state index contributed by atoms with van der Waals surface area (Å²) in [4.78, 5) is 27.2. The minimum Gasteiger partial charge on any atom is -0.332 e. The fraction of sp³-hybridized carbons (Fsp3) is 0.600. The molecule has 0 saturated heterocycles. The third kappa shape index (κ3) is 2.46. The molecule has 3 rings (SSSR count). The molecule has 0 radical (unpaired) electrons. The van der Waals surface area contributed by atoms with Crippen molar-refractivity contribution < 1.29 is 9.59 Å². The van der Waals surface area contributed by atoms with E-state index in [1.165, 1.54) is 24.2 Å². The van der Waals surface area contributed by atoms with Crippen molar-refractivity contribution in [2.75, 3.05) is 0 Å². The molecule has 0 bridgehead atoms. The van der Waals surface area contributed by atoms with Crippen molar-refractivity contribution in [3.63, 3.8) is 0 Å². The number of carbonyl (C=O) groups is 2. The van der Waals surface area contributed by atoms with Gasteiger partial charge in [-0.2, -0.15) is 0 Å². The molecule has 3 nitrogen and oxygen atoms in total. The van der Waals surface area contributed by atoms with Crippen molar-refractivity contribution >= 4 is 23.5 Å². The molecule has 0 aromatic carbocycles. The largest absolute Gasteiger partial charge is 0.332 e. The van der Waals surface area contributed by atoms with Gasteiger partial charge in [-0.15, -0.1) is 11.3 Å². The molecule has 2 aliphatic rings. The fourth-order valence-corrected chi connectivity index (χ4v) is 3.94. The lowest BCUT2D eigenvalue weighted by atomic mass is 10.2. The summed E-state index contributed by atoms with van der Waals surface area (Å²) in [5.41, 5.74) is 0.922. The van der Waals surface area contributed by atoms with Gasteiger partial charge in [-0.25, -0.2) is 0 Å². The first-order valence-electron chi connectivity index (χ1n) is 7.09. The molecule has 0 spiro atoms. The van der Waals surface area contributed by atoms with Crippen molar-refractivity contribution in [1.82, 2.24) is 4.90 Å². The summed E-state index contributed by atoms with van der Waals surface area (Å²) in [6.07, 6.45) is 7.92. The molecule has 0 N–H and O–H groups in total. The molecule has 1 amide bonds. The van der Waals surface area contributed by atoms with Crippen molar-refractivity contribution in [2.45, 2.75) is 57.5 Å². The van der Waals surface area contributed by atoms with Crippen LogP contribution < -0.4 is 0 Å². The van der Waals surface area contributed by atoms with Crippen molar-refractivity contribution in [1.29, 1.82) is 0 Å². The zero-order valence-electron chi connectivity index (χ0n) is 11.2. The molecule has 4 heteroatoms. The number of thiophene rings is 1. The number of nitrogens with zero attached hydrogens (tertiary/aromatic N) is 1. The third-order valence-electron chi connectivity index (χ3n) is 4.17. The van der Waals surface area contributed by atoms with Gasteiger partial charge < -0.3 is 4.90 Å². The number of aldehydes is 1.